The van der Waals surface area contributed by atoms with Gasteiger partial charge in [-0.05, 0) is 12.1 Å². The molecular weight excluding hydrogens is 266 g/mol. The quantitative estimate of drug-likeness (QED) is 0.807. The molecule has 2 aromatic rings. The molecule has 2 heterocycles. The highest BCUT2D eigenvalue weighted by Crippen LogP contribution is 2.16. The number of pyridine rings is 1. The van der Waals surface area contributed by atoms with Crippen LogP contribution in [-0.4, -0.2) is 36.5 Å². The van der Waals surface area contributed by atoms with Crippen LogP contribution in [0.25, 0.3) is 5.52 Å². The average molecular weight is 277 g/mol. The molecule has 1 N–H and O–H groups in total. The van der Waals surface area contributed by atoms with Crippen LogP contribution in [0.4, 0.5) is 0 Å². The standard InChI is InChI=1S/C12H11N3O3S/c1-3-7-13-11(16)10-9-6-4-5-8-15(9)12(14-10)19(2,17)18/h1,4-6,8H,7H2,2H3,(H,13,16). The van der Waals surface area contributed by atoms with Crippen LogP contribution in [0, 0.1) is 12.3 Å². The van der Waals surface area contributed by atoms with Crippen molar-refractivity contribution < 1.29 is 13.2 Å². The van der Waals surface area contributed by atoms with Crippen molar-refractivity contribution in [3.05, 3.63) is 30.1 Å². The number of hydrogen-bond donors (Lipinski definition) is 1. The van der Waals surface area contributed by atoms with Gasteiger partial charge in [0.15, 0.2) is 5.69 Å². The Hall–Kier alpha value is -2.33. The first-order chi connectivity index (χ1) is 8.95. The molecule has 0 saturated heterocycles. The minimum atomic E-state index is -3.53. The lowest BCUT2D eigenvalue weighted by Crippen LogP contribution is -2.24. The Morgan fingerprint density at radius 1 is 1.53 bits per heavy atom. The summed E-state index contributed by atoms with van der Waals surface area (Å²) in [7, 11) is -3.53. The predicted molar refractivity (Wildman–Crippen MR) is 69.5 cm³/mol. The maximum atomic E-state index is 11.9. The van der Waals surface area contributed by atoms with E-state index >= 15 is 0 Å². The Balaban J connectivity index is 2.64. The molecule has 19 heavy (non-hydrogen) atoms. The van der Waals surface area contributed by atoms with E-state index < -0.39 is 15.7 Å². The smallest absolute Gasteiger partial charge is 0.272 e. The zero-order chi connectivity index (χ0) is 14.0. The number of fused-ring (bicyclic) bond motifs is 1. The maximum Gasteiger partial charge on any atom is 0.272 e. The third-order valence-corrected chi connectivity index (χ3v) is 3.37. The number of imidazole rings is 1. The second kappa shape index (κ2) is 4.74. The van der Waals surface area contributed by atoms with Crippen LogP contribution in [0.2, 0.25) is 0 Å². The first kappa shape index (κ1) is 13.1. The molecule has 7 heteroatoms. The van der Waals surface area contributed by atoms with E-state index in [0.29, 0.717) is 5.52 Å². The first-order valence-electron chi connectivity index (χ1n) is 5.34. The third-order valence-electron chi connectivity index (χ3n) is 2.41. The summed E-state index contributed by atoms with van der Waals surface area (Å²) >= 11 is 0. The molecule has 0 aliphatic carbocycles. The summed E-state index contributed by atoms with van der Waals surface area (Å²) in [5.41, 5.74) is 0.453. The molecule has 2 aromatic heterocycles. The second-order valence-corrected chi connectivity index (χ2v) is 5.77. The van der Waals surface area contributed by atoms with E-state index in [1.807, 2.05) is 0 Å². The molecular formula is C12H11N3O3S. The Morgan fingerprint density at radius 3 is 2.89 bits per heavy atom. The number of nitrogens with zero attached hydrogens (tertiary/aromatic N) is 2. The van der Waals surface area contributed by atoms with E-state index in [4.69, 9.17) is 6.42 Å². The lowest BCUT2D eigenvalue weighted by atomic mass is 10.3. The van der Waals surface area contributed by atoms with Crippen LogP contribution in [0.15, 0.2) is 29.6 Å². The molecule has 0 atom stereocenters. The van der Waals surface area contributed by atoms with Gasteiger partial charge in [0.05, 0.1) is 12.1 Å². The summed E-state index contributed by atoms with van der Waals surface area (Å²) in [4.78, 5) is 15.8. The van der Waals surface area contributed by atoms with E-state index in [-0.39, 0.29) is 17.4 Å². The average Bonchev–Trinajstić information content (AvgIpc) is 2.75. The molecule has 0 unspecified atom stereocenters. The molecule has 0 aliphatic heterocycles. The zero-order valence-electron chi connectivity index (χ0n) is 10.1. The Bertz CT molecular complexity index is 784. The summed E-state index contributed by atoms with van der Waals surface area (Å²) in [6.07, 6.45) is 7.63. The van der Waals surface area contributed by atoms with Gasteiger partial charge in [-0.25, -0.2) is 13.4 Å². The molecule has 98 valence electrons. The Kier molecular flexibility index (Phi) is 3.27. The van der Waals surface area contributed by atoms with Crippen LogP contribution < -0.4 is 5.32 Å². The molecule has 0 bridgehead atoms. The van der Waals surface area contributed by atoms with Crippen molar-refractivity contribution >= 4 is 21.3 Å². The first-order valence-corrected chi connectivity index (χ1v) is 7.23. The maximum absolute atomic E-state index is 11.9. The van der Waals surface area contributed by atoms with Crippen molar-refractivity contribution in [3.63, 3.8) is 0 Å². The van der Waals surface area contributed by atoms with Crippen molar-refractivity contribution in [2.45, 2.75) is 5.16 Å². The monoisotopic (exact) mass is 277 g/mol. The lowest BCUT2D eigenvalue weighted by molar-refractivity contribution is 0.0955. The van der Waals surface area contributed by atoms with Gasteiger partial charge in [0.1, 0.15) is 0 Å². The fourth-order valence-corrected chi connectivity index (χ4v) is 2.43. The van der Waals surface area contributed by atoms with Crippen LogP contribution in [0.3, 0.4) is 0 Å². The van der Waals surface area contributed by atoms with Crippen molar-refractivity contribution in [2.75, 3.05) is 12.8 Å². The van der Waals surface area contributed by atoms with Gasteiger partial charge < -0.3 is 5.32 Å². The number of aromatic nitrogens is 2. The van der Waals surface area contributed by atoms with Gasteiger partial charge >= 0.3 is 0 Å². The number of sulfone groups is 1. The number of rotatable bonds is 3. The highest BCUT2D eigenvalue weighted by atomic mass is 32.2. The van der Waals surface area contributed by atoms with E-state index in [9.17, 15) is 13.2 Å². The van der Waals surface area contributed by atoms with E-state index in [2.05, 4.69) is 16.2 Å². The largest absolute Gasteiger partial charge is 0.340 e. The number of carbonyl (C=O) groups is 1. The number of hydrogen-bond acceptors (Lipinski definition) is 4. The number of amides is 1. The lowest BCUT2D eigenvalue weighted by Gasteiger charge is -1.98. The molecule has 0 saturated carbocycles. The topological polar surface area (TPSA) is 80.5 Å². The number of nitrogens with one attached hydrogen (secondary N) is 1. The van der Waals surface area contributed by atoms with Gasteiger partial charge in [0, 0.05) is 12.5 Å². The summed E-state index contributed by atoms with van der Waals surface area (Å²) in [6.45, 7) is 0.0545. The van der Waals surface area contributed by atoms with Gasteiger partial charge in [0.2, 0.25) is 15.0 Å². The SMILES string of the molecule is C#CCNC(=O)c1nc(S(C)(=O)=O)n2ccccc12. The fourth-order valence-electron chi connectivity index (χ4n) is 1.65. The van der Waals surface area contributed by atoms with Gasteiger partial charge in [-0.15, -0.1) is 6.42 Å². The predicted octanol–water partition coefficient (Wildman–Crippen LogP) is 0.101. The summed E-state index contributed by atoms with van der Waals surface area (Å²) in [6, 6.07) is 4.97. The summed E-state index contributed by atoms with van der Waals surface area (Å²) < 4.78 is 24.7. The third kappa shape index (κ3) is 2.44. The van der Waals surface area contributed by atoms with Crippen LogP contribution in [0.1, 0.15) is 10.5 Å². The van der Waals surface area contributed by atoms with Gasteiger partial charge in [0.25, 0.3) is 5.91 Å². The van der Waals surface area contributed by atoms with E-state index in [1.54, 1.807) is 18.2 Å². The highest BCUT2D eigenvalue weighted by Gasteiger charge is 2.22. The number of terminal acetylenes is 1. The van der Waals surface area contributed by atoms with Gasteiger partial charge in [-0.3, -0.25) is 9.20 Å². The van der Waals surface area contributed by atoms with E-state index in [0.717, 1.165) is 6.26 Å². The molecule has 0 aromatic carbocycles. The highest BCUT2D eigenvalue weighted by molar-refractivity contribution is 7.90. The molecule has 0 fully saturated rings. The second-order valence-electron chi connectivity index (χ2n) is 3.86. The van der Waals surface area contributed by atoms with E-state index in [1.165, 1.54) is 10.6 Å². The fraction of sp³-hybridized carbons (Fsp3) is 0.167. The molecule has 0 aliphatic rings. The molecule has 1 amide bonds. The minimum Gasteiger partial charge on any atom is -0.340 e. The molecule has 0 spiro atoms. The van der Waals surface area contributed by atoms with Crippen molar-refractivity contribution in [2.24, 2.45) is 0 Å². The molecule has 0 radical (unpaired) electrons. The van der Waals surface area contributed by atoms with Crippen LogP contribution >= 0.6 is 0 Å². The molecule has 2 rings (SSSR count). The van der Waals surface area contributed by atoms with Crippen molar-refractivity contribution in [1.29, 1.82) is 0 Å². The van der Waals surface area contributed by atoms with Gasteiger partial charge in [-0.2, -0.15) is 0 Å². The number of carbonyl (C=O) groups excluding carboxylic acids is 1. The minimum absolute atomic E-state index is 0.0382. The zero-order valence-corrected chi connectivity index (χ0v) is 10.9. The van der Waals surface area contributed by atoms with Crippen molar-refractivity contribution in [1.82, 2.24) is 14.7 Å². The Labute approximate surface area is 110 Å². The normalized spacial score (nSPS) is 11.2. The Morgan fingerprint density at radius 2 is 2.26 bits per heavy atom. The van der Waals surface area contributed by atoms with Crippen LogP contribution in [-0.2, 0) is 9.84 Å². The molecule has 6 nitrogen and oxygen atoms in total. The van der Waals surface area contributed by atoms with Crippen molar-refractivity contribution in [3.8, 4) is 12.3 Å². The summed E-state index contributed by atoms with van der Waals surface area (Å²) in [5.74, 6) is 1.77. The van der Waals surface area contributed by atoms with Gasteiger partial charge in [-0.1, -0.05) is 12.0 Å². The van der Waals surface area contributed by atoms with Crippen LogP contribution in [0.5, 0.6) is 0 Å². The summed E-state index contributed by atoms with van der Waals surface area (Å²) in [5, 5.41) is 2.29.